The van der Waals surface area contributed by atoms with Crippen molar-refractivity contribution in [2.24, 2.45) is 5.92 Å². The zero-order chi connectivity index (χ0) is 4.41. The molecule has 0 aromatic carbocycles. The normalized spacial score (nSPS) is 34.5. The number of hydrogen-bond acceptors (Lipinski definition) is 2. The van der Waals surface area contributed by atoms with Crippen LogP contribution in [0.5, 0.6) is 0 Å². The molecule has 1 heterocycles. The zero-order valence-corrected chi connectivity index (χ0v) is 3.90. The molecule has 6 heavy (non-hydrogen) atoms. The Bertz CT molecular complexity index is 40.8. The second kappa shape index (κ2) is 1.58. The zero-order valence-electron chi connectivity index (χ0n) is 3.90. The van der Waals surface area contributed by atoms with Gasteiger partial charge in [0.25, 0.3) is 0 Å². The van der Waals surface area contributed by atoms with E-state index in [-0.39, 0.29) is 0 Å². The van der Waals surface area contributed by atoms with Crippen LogP contribution in [0.25, 0.3) is 0 Å². The molecule has 0 spiro atoms. The molecule has 1 fully saturated rings. The Hall–Kier alpha value is -0.0800. The van der Waals surface area contributed by atoms with Gasteiger partial charge >= 0.3 is 0 Å². The molecule has 0 aromatic heterocycles. The van der Waals surface area contributed by atoms with E-state index in [2.05, 4.69) is 12.4 Å². The summed E-state index contributed by atoms with van der Waals surface area (Å²) in [6.45, 7) is 4.04. The van der Waals surface area contributed by atoms with Gasteiger partial charge in [0.05, 0.1) is 6.61 Å². The quantitative estimate of drug-likeness (QED) is 0.454. The van der Waals surface area contributed by atoms with Crippen LogP contribution in [0.15, 0.2) is 0 Å². The van der Waals surface area contributed by atoms with Gasteiger partial charge in [0.2, 0.25) is 0 Å². The molecule has 0 radical (unpaired) electrons. The molecular weight excluding hydrogens is 78.0 g/mol. The molecule has 0 aliphatic carbocycles. The van der Waals surface area contributed by atoms with Crippen LogP contribution in [-0.2, 0) is 4.84 Å². The van der Waals surface area contributed by atoms with Crippen molar-refractivity contribution in [1.82, 2.24) is 5.48 Å². The third kappa shape index (κ3) is 0.698. The third-order valence-electron chi connectivity index (χ3n) is 0.902. The Labute approximate surface area is 37.4 Å². The van der Waals surface area contributed by atoms with Gasteiger partial charge in [-0.05, 0) is 5.92 Å². The van der Waals surface area contributed by atoms with Gasteiger partial charge in [0.15, 0.2) is 0 Å². The van der Waals surface area contributed by atoms with Crippen molar-refractivity contribution in [3.63, 3.8) is 0 Å². The van der Waals surface area contributed by atoms with E-state index in [0.717, 1.165) is 13.2 Å². The van der Waals surface area contributed by atoms with E-state index >= 15 is 0 Å². The highest BCUT2D eigenvalue weighted by Gasteiger charge is 2.07. The SMILES string of the molecule is CC1CNOC1. The Morgan fingerprint density at radius 2 is 2.67 bits per heavy atom. The smallest absolute Gasteiger partial charge is 0.0720 e. The number of nitrogens with one attached hydrogen (secondary N) is 1. The number of hydroxylamine groups is 1. The van der Waals surface area contributed by atoms with Crippen molar-refractivity contribution in [1.29, 1.82) is 0 Å². The van der Waals surface area contributed by atoms with E-state index in [1.165, 1.54) is 0 Å². The van der Waals surface area contributed by atoms with Gasteiger partial charge in [-0.15, -0.1) is 0 Å². The minimum atomic E-state index is 0.713. The summed E-state index contributed by atoms with van der Waals surface area (Å²) in [5.74, 6) is 0.713. The van der Waals surface area contributed by atoms with E-state index in [0.29, 0.717) is 5.92 Å². The van der Waals surface area contributed by atoms with Crippen molar-refractivity contribution in [2.45, 2.75) is 6.92 Å². The second-order valence-electron chi connectivity index (χ2n) is 1.76. The van der Waals surface area contributed by atoms with E-state index in [1.807, 2.05) is 0 Å². The highest BCUT2D eigenvalue weighted by Crippen LogP contribution is 1.97. The summed E-state index contributed by atoms with van der Waals surface area (Å²) < 4.78 is 0. The van der Waals surface area contributed by atoms with Crippen LogP contribution >= 0.6 is 0 Å². The van der Waals surface area contributed by atoms with Gasteiger partial charge in [-0.2, -0.15) is 0 Å². The minimum Gasteiger partial charge on any atom is -0.301 e. The predicted octanol–water partition coefficient (Wildman–Crippen LogP) is 0.157. The lowest BCUT2D eigenvalue weighted by Crippen LogP contribution is -2.04. The Balaban J connectivity index is 2.18. The van der Waals surface area contributed by atoms with Gasteiger partial charge in [-0.25, -0.2) is 5.48 Å². The van der Waals surface area contributed by atoms with Crippen LogP contribution in [0.4, 0.5) is 0 Å². The monoisotopic (exact) mass is 87.1 g/mol. The second-order valence-corrected chi connectivity index (χ2v) is 1.76. The molecule has 1 unspecified atom stereocenters. The first kappa shape index (κ1) is 4.09. The average molecular weight is 87.1 g/mol. The lowest BCUT2D eigenvalue weighted by molar-refractivity contribution is 0.0981. The molecule has 0 bridgehead atoms. The largest absolute Gasteiger partial charge is 0.301 e. The van der Waals surface area contributed by atoms with Crippen LogP contribution in [0.2, 0.25) is 0 Å². The lowest BCUT2D eigenvalue weighted by atomic mass is 10.2. The molecule has 2 heteroatoms. The fourth-order valence-electron chi connectivity index (χ4n) is 0.461. The summed E-state index contributed by atoms with van der Waals surface area (Å²) in [6.07, 6.45) is 0. The topological polar surface area (TPSA) is 21.3 Å². The molecular formula is C4H9NO. The maximum Gasteiger partial charge on any atom is 0.0720 e. The lowest BCUT2D eigenvalue weighted by Gasteiger charge is -1.86. The minimum absolute atomic E-state index is 0.713. The number of rotatable bonds is 0. The van der Waals surface area contributed by atoms with E-state index in [1.54, 1.807) is 0 Å². The molecule has 1 atom stereocenters. The van der Waals surface area contributed by atoms with E-state index < -0.39 is 0 Å². The third-order valence-corrected chi connectivity index (χ3v) is 0.902. The summed E-state index contributed by atoms with van der Waals surface area (Å²) in [6, 6.07) is 0. The molecule has 2 nitrogen and oxygen atoms in total. The molecule has 1 saturated heterocycles. The Morgan fingerprint density at radius 1 is 1.83 bits per heavy atom. The van der Waals surface area contributed by atoms with Gasteiger partial charge in [0.1, 0.15) is 0 Å². The van der Waals surface area contributed by atoms with Crippen molar-refractivity contribution < 1.29 is 4.84 Å². The predicted molar refractivity (Wildman–Crippen MR) is 23.1 cm³/mol. The summed E-state index contributed by atoms with van der Waals surface area (Å²) in [7, 11) is 0. The fourth-order valence-corrected chi connectivity index (χ4v) is 0.461. The van der Waals surface area contributed by atoms with Gasteiger partial charge in [-0.1, -0.05) is 6.92 Å². The summed E-state index contributed by atoms with van der Waals surface area (Å²) in [4.78, 5) is 4.81. The van der Waals surface area contributed by atoms with Gasteiger partial charge in [0, 0.05) is 6.54 Å². The molecule has 1 N–H and O–H groups in total. The van der Waals surface area contributed by atoms with Crippen molar-refractivity contribution in [3.8, 4) is 0 Å². The summed E-state index contributed by atoms with van der Waals surface area (Å²) >= 11 is 0. The van der Waals surface area contributed by atoms with Crippen LogP contribution in [0, 0.1) is 5.92 Å². The molecule has 1 rings (SSSR count). The molecule has 1 aliphatic rings. The standard InChI is InChI=1S/C4H9NO/c1-4-2-5-6-3-4/h4-5H,2-3H2,1H3. The number of hydrogen-bond donors (Lipinski definition) is 1. The first-order valence-electron chi connectivity index (χ1n) is 2.24. The van der Waals surface area contributed by atoms with Gasteiger partial charge in [-0.3, -0.25) is 0 Å². The first-order chi connectivity index (χ1) is 2.89. The van der Waals surface area contributed by atoms with Crippen LogP contribution in [0.1, 0.15) is 6.92 Å². The molecule has 1 aliphatic heterocycles. The molecule has 36 valence electrons. The summed E-state index contributed by atoms with van der Waals surface area (Å²) in [5, 5.41) is 0. The Kier molecular flexibility index (Phi) is 1.08. The Morgan fingerprint density at radius 3 is 2.83 bits per heavy atom. The summed E-state index contributed by atoms with van der Waals surface area (Å²) in [5.41, 5.74) is 2.77. The highest BCUT2D eigenvalue weighted by atomic mass is 16.7. The van der Waals surface area contributed by atoms with E-state index in [4.69, 9.17) is 4.84 Å². The van der Waals surface area contributed by atoms with Crippen molar-refractivity contribution >= 4 is 0 Å². The van der Waals surface area contributed by atoms with Gasteiger partial charge < -0.3 is 4.84 Å². The van der Waals surface area contributed by atoms with E-state index in [9.17, 15) is 0 Å². The molecule has 0 saturated carbocycles. The van der Waals surface area contributed by atoms with Crippen molar-refractivity contribution in [3.05, 3.63) is 0 Å². The maximum absolute atomic E-state index is 4.81. The van der Waals surface area contributed by atoms with Crippen LogP contribution in [-0.4, -0.2) is 13.2 Å². The first-order valence-corrected chi connectivity index (χ1v) is 2.24. The molecule has 0 aromatic rings. The molecule has 0 amide bonds. The van der Waals surface area contributed by atoms with Crippen molar-refractivity contribution in [2.75, 3.05) is 13.2 Å². The average Bonchev–Trinajstić information content (AvgIpc) is 1.86. The van der Waals surface area contributed by atoms with Crippen LogP contribution in [0.3, 0.4) is 0 Å². The highest BCUT2D eigenvalue weighted by molar-refractivity contribution is 4.54. The fraction of sp³-hybridized carbons (Fsp3) is 1.00. The maximum atomic E-state index is 4.81. The van der Waals surface area contributed by atoms with Crippen LogP contribution < -0.4 is 5.48 Å².